The molecule has 0 aromatic rings. The summed E-state index contributed by atoms with van der Waals surface area (Å²) in [6, 6.07) is -0.793. The summed E-state index contributed by atoms with van der Waals surface area (Å²) >= 11 is 0. The molecule has 1 fully saturated rings. The number of hydrogen-bond donors (Lipinski definition) is 3. The van der Waals surface area contributed by atoms with Crippen LogP contribution in [0, 0.1) is 0 Å². The number of nitrogens with zero attached hydrogens (tertiary/aromatic N) is 1. The summed E-state index contributed by atoms with van der Waals surface area (Å²) in [5.74, 6) is 4.88. The van der Waals surface area contributed by atoms with Crippen LogP contribution in [0.25, 0.3) is 0 Å². The van der Waals surface area contributed by atoms with Crippen molar-refractivity contribution in [3.05, 3.63) is 0 Å². The molecule has 1 heterocycles. The lowest BCUT2D eigenvalue weighted by atomic mass is 10.1. The van der Waals surface area contributed by atoms with E-state index in [4.69, 9.17) is 5.84 Å². The van der Waals surface area contributed by atoms with E-state index in [-0.39, 0.29) is 5.91 Å². The highest BCUT2D eigenvalue weighted by Gasteiger charge is 2.30. The molecule has 0 spiro atoms. The average Bonchev–Trinajstić information content (AvgIpc) is 2.16. The molecule has 3 amide bonds. The number of hydrogen-bond acceptors (Lipinski definition) is 3. The van der Waals surface area contributed by atoms with Gasteiger partial charge in [0.05, 0.1) is 0 Å². The summed E-state index contributed by atoms with van der Waals surface area (Å²) in [4.78, 5) is 23.9. The molecule has 4 N–H and O–H groups in total. The zero-order valence-electron chi connectivity index (χ0n) is 7.54. The Balaban J connectivity index is 2.70. The smallest absolute Gasteiger partial charge is 0.332 e. The largest absolute Gasteiger partial charge is 0.353 e. The SMILES string of the molecule is CCC1C(=O)NCCN1C(=O)NN. The van der Waals surface area contributed by atoms with Crippen LogP contribution in [0.2, 0.25) is 0 Å². The van der Waals surface area contributed by atoms with Crippen molar-refractivity contribution in [2.45, 2.75) is 19.4 Å². The lowest BCUT2D eigenvalue weighted by Crippen LogP contribution is -2.60. The second kappa shape index (κ2) is 4.08. The summed E-state index contributed by atoms with van der Waals surface area (Å²) in [5, 5.41) is 2.69. The first kappa shape index (κ1) is 9.79. The maximum Gasteiger partial charge on any atom is 0.332 e. The molecule has 1 aliphatic heterocycles. The molecule has 0 bridgehead atoms. The van der Waals surface area contributed by atoms with E-state index in [1.807, 2.05) is 12.3 Å². The van der Waals surface area contributed by atoms with Gasteiger partial charge in [-0.2, -0.15) is 0 Å². The van der Waals surface area contributed by atoms with E-state index in [2.05, 4.69) is 5.32 Å². The van der Waals surface area contributed by atoms with Gasteiger partial charge in [0.15, 0.2) is 0 Å². The van der Waals surface area contributed by atoms with Crippen molar-refractivity contribution in [2.75, 3.05) is 13.1 Å². The van der Waals surface area contributed by atoms with Gasteiger partial charge in [-0.05, 0) is 6.42 Å². The normalized spacial score (nSPS) is 22.5. The molecule has 0 aromatic carbocycles. The highest BCUT2D eigenvalue weighted by molar-refractivity contribution is 5.87. The first-order valence-electron chi connectivity index (χ1n) is 4.25. The van der Waals surface area contributed by atoms with Crippen molar-refractivity contribution < 1.29 is 9.59 Å². The highest BCUT2D eigenvalue weighted by Crippen LogP contribution is 2.07. The molecule has 0 aromatic heterocycles. The van der Waals surface area contributed by atoms with Crippen molar-refractivity contribution in [1.29, 1.82) is 0 Å². The topological polar surface area (TPSA) is 87.5 Å². The fourth-order valence-electron chi connectivity index (χ4n) is 1.45. The molecular weight excluding hydrogens is 172 g/mol. The van der Waals surface area contributed by atoms with Crippen molar-refractivity contribution >= 4 is 11.9 Å². The summed E-state index contributed by atoms with van der Waals surface area (Å²) in [7, 11) is 0. The summed E-state index contributed by atoms with van der Waals surface area (Å²) in [6.45, 7) is 2.85. The van der Waals surface area contributed by atoms with Gasteiger partial charge in [0, 0.05) is 13.1 Å². The van der Waals surface area contributed by atoms with Gasteiger partial charge in [-0.25, -0.2) is 10.6 Å². The van der Waals surface area contributed by atoms with Crippen LogP contribution in [0.4, 0.5) is 4.79 Å². The third kappa shape index (κ3) is 1.89. The molecular formula is C7H14N4O2. The molecule has 6 nitrogen and oxygen atoms in total. The number of piperazine rings is 1. The molecule has 1 unspecified atom stereocenters. The third-order valence-electron chi connectivity index (χ3n) is 2.10. The van der Waals surface area contributed by atoms with E-state index < -0.39 is 12.1 Å². The number of carbonyl (C=O) groups is 2. The summed E-state index contributed by atoms with van der Waals surface area (Å²) in [6.07, 6.45) is 0.596. The Hall–Kier alpha value is -1.30. The van der Waals surface area contributed by atoms with Crippen LogP contribution in [0.3, 0.4) is 0 Å². The fraction of sp³-hybridized carbons (Fsp3) is 0.714. The molecule has 74 valence electrons. The number of nitrogens with one attached hydrogen (secondary N) is 2. The van der Waals surface area contributed by atoms with Crippen molar-refractivity contribution in [2.24, 2.45) is 5.84 Å². The number of urea groups is 1. The van der Waals surface area contributed by atoms with Crippen LogP contribution in [0.1, 0.15) is 13.3 Å². The molecule has 0 saturated carbocycles. The zero-order valence-corrected chi connectivity index (χ0v) is 7.54. The second-order valence-corrected chi connectivity index (χ2v) is 2.86. The Kier molecular flexibility index (Phi) is 3.07. The van der Waals surface area contributed by atoms with Gasteiger partial charge in [-0.1, -0.05) is 6.92 Å². The molecule has 0 aliphatic carbocycles. The van der Waals surface area contributed by atoms with Crippen molar-refractivity contribution in [3.8, 4) is 0 Å². The lowest BCUT2D eigenvalue weighted by molar-refractivity contribution is -0.127. The number of hydrazine groups is 1. The van der Waals surface area contributed by atoms with Gasteiger partial charge in [-0.3, -0.25) is 10.2 Å². The van der Waals surface area contributed by atoms with E-state index in [1.165, 1.54) is 4.90 Å². The predicted molar refractivity (Wildman–Crippen MR) is 46.5 cm³/mol. The lowest BCUT2D eigenvalue weighted by Gasteiger charge is -2.33. The van der Waals surface area contributed by atoms with Crippen molar-refractivity contribution in [3.63, 3.8) is 0 Å². The molecule has 0 radical (unpaired) electrons. The minimum atomic E-state index is -0.401. The minimum absolute atomic E-state index is 0.114. The van der Waals surface area contributed by atoms with Crippen LogP contribution in [-0.2, 0) is 4.79 Å². The van der Waals surface area contributed by atoms with Crippen LogP contribution >= 0.6 is 0 Å². The monoisotopic (exact) mass is 186 g/mol. The quantitative estimate of drug-likeness (QED) is 0.272. The molecule has 1 aliphatic rings. The molecule has 1 rings (SSSR count). The van der Waals surface area contributed by atoms with Gasteiger partial charge in [0.1, 0.15) is 6.04 Å². The van der Waals surface area contributed by atoms with Crippen molar-refractivity contribution in [1.82, 2.24) is 15.6 Å². The van der Waals surface area contributed by atoms with Gasteiger partial charge in [0.2, 0.25) is 5.91 Å². The number of nitrogens with two attached hydrogens (primary N) is 1. The highest BCUT2D eigenvalue weighted by atomic mass is 16.2. The molecule has 13 heavy (non-hydrogen) atoms. The zero-order chi connectivity index (χ0) is 9.84. The minimum Gasteiger partial charge on any atom is -0.353 e. The van der Waals surface area contributed by atoms with Gasteiger partial charge >= 0.3 is 6.03 Å². The summed E-state index contributed by atoms with van der Waals surface area (Å²) < 4.78 is 0. The second-order valence-electron chi connectivity index (χ2n) is 2.86. The average molecular weight is 186 g/mol. The standard InChI is InChI=1S/C7H14N4O2/c1-2-5-6(12)9-3-4-11(5)7(13)10-8/h5H,2-4,8H2,1H3,(H,9,12)(H,10,13). The van der Waals surface area contributed by atoms with E-state index in [0.29, 0.717) is 19.5 Å². The predicted octanol–water partition coefficient (Wildman–Crippen LogP) is -1.22. The fourth-order valence-corrected chi connectivity index (χ4v) is 1.45. The van der Waals surface area contributed by atoms with E-state index in [1.54, 1.807) is 0 Å². The van der Waals surface area contributed by atoms with Gasteiger partial charge in [0.25, 0.3) is 0 Å². The van der Waals surface area contributed by atoms with Crippen LogP contribution < -0.4 is 16.6 Å². The number of rotatable bonds is 1. The van der Waals surface area contributed by atoms with Gasteiger partial charge < -0.3 is 10.2 Å². The Labute approximate surface area is 76.4 Å². The van der Waals surface area contributed by atoms with E-state index >= 15 is 0 Å². The van der Waals surface area contributed by atoms with Gasteiger partial charge in [-0.15, -0.1) is 0 Å². The number of amides is 3. The van der Waals surface area contributed by atoms with Crippen LogP contribution in [0.15, 0.2) is 0 Å². The third-order valence-corrected chi connectivity index (χ3v) is 2.10. The Bertz CT molecular complexity index is 219. The Morgan fingerprint density at radius 3 is 3.08 bits per heavy atom. The Morgan fingerprint density at radius 1 is 1.85 bits per heavy atom. The first-order valence-corrected chi connectivity index (χ1v) is 4.25. The van der Waals surface area contributed by atoms with E-state index in [0.717, 1.165) is 0 Å². The maximum absolute atomic E-state index is 11.3. The van der Waals surface area contributed by atoms with Crippen LogP contribution in [-0.4, -0.2) is 36.0 Å². The first-order chi connectivity index (χ1) is 6.20. The number of carbonyl (C=O) groups excluding carboxylic acids is 2. The maximum atomic E-state index is 11.3. The molecule has 6 heteroatoms. The van der Waals surface area contributed by atoms with E-state index in [9.17, 15) is 9.59 Å². The van der Waals surface area contributed by atoms with Crippen LogP contribution in [0.5, 0.6) is 0 Å². The summed E-state index contributed by atoms with van der Waals surface area (Å²) in [5.41, 5.74) is 2.03. The molecule has 1 saturated heterocycles. The molecule has 1 atom stereocenters. The Morgan fingerprint density at radius 2 is 2.54 bits per heavy atom.